The minimum atomic E-state index is -0.506. The summed E-state index contributed by atoms with van der Waals surface area (Å²) < 4.78 is 5.16. The van der Waals surface area contributed by atoms with E-state index < -0.39 is 6.09 Å². The van der Waals surface area contributed by atoms with Gasteiger partial charge in [-0.1, -0.05) is 30.4 Å². The summed E-state index contributed by atoms with van der Waals surface area (Å²) in [6.45, 7) is 5.23. The number of halogens is 1. The highest BCUT2D eigenvalue weighted by Gasteiger charge is 2.35. The molecule has 0 aliphatic carbocycles. The van der Waals surface area contributed by atoms with Crippen LogP contribution >= 0.6 is 35.6 Å². The van der Waals surface area contributed by atoms with E-state index in [0.717, 1.165) is 5.69 Å². The second-order valence-electron chi connectivity index (χ2n) is 4.56. The summed E-state index contributed by atoms with van der Waals surface area (Å²) in [5, 5.41) is 3.69. The monoisotopic (exact) mass is 342 g/mol. The molecule has 1 aromatic rings. The molecule has 1 aromatic carbocycles. The van der Waals surface area contributed by atoms with Gasteiger partial charge in [0.1, 0.15) is 4.99 Å². The van der Waals surface area contributed by atoms with Gasteiger partial charge in [0.05, 0.1) is 23.2 Å². The molecule has 0 bridgehead atoms. The molecule has 0 fully saturated rings. The topological polar surface area (TPSA) is 41.6 Å². The standard InChI is InChI=1S/C14H15ClN2O2S2/c1-8(2)19-14(18)17-11-6-9(15)4-5-10(11)16-13(20)12(17)7-21-3/h4-6,12H,1,7H2,2-3H3,(H,16,20)/t12-/m0/s1. The van der Waals surface area contributed by atoms with Crippen LogP contribution in [0.5, 0.6) is 0 Å². The summed E-state index contributed by atoms with van der Waals surface area (Å²) in [7, 11) is 0. The molecule has 1 aliphatic heterocycles. The second kappa shape index (κ2) is 6.68. The maximum absolute atomic E-state index is 12.4. The van der Waals surface area contributed by atoms with Gasteiger partial charge in [0.15, 0.2) is 0 Å². The number of ether oxygens (including phenoxy) is 1. The first kappa shape index (κ1) is 16.1. The number of rotatable bonds is 3. The Morgan fingerprint density at radius 2 is 2.33 bits per heavy atom. The molecule has 1 aliphatic rings. The largest absolute Gasteiger partial charge is 0.420 e. The Labute approximate surface area is 138 Å². The third-order valence-electron chi connectivity index (χ3n) is 2.87. The smallest absolute Gasteiger partial charge is 0.415 e. The minimum Gasteiger partial charge on any atom is -0.415 e. The lowest BCUT2D eigenvalue weighted by molar-refractivity contribution is 0.183. The third-order valence-corrected chi connectivity index (χ3v) is 4.13. The molecule has 0 spiro atoms. The van der Waals surface area contributed by atoms with E-state index in [9.17, 15) is 4.79 Å². The summed E-state index contributed by atoms with van der Waals surface area (Å²) in [5.74, 6) is 0.985. The number of thiocarbonyl (C=S) groups is 1. The van der Waals surface area contributed by atoms with Gasteiger partial charge in [-0.05, 0) is 31.4 Å². The molecule has 2 rings (SSSR count). The average Bonchev–Trinajstić information content (AvgIpc) is 2.39. The number of anilines is 2. The molecular weight excluding hydrogens is 328 g/mol. The zero-order chi connectivity index (χ0) is 15.6. The number of allylic oxidation sites excluding steroid dienone is 1. The Kier molecular flexibility index (Phi) is 5.13. The number of fused-ring (bicyclic) bond motifs is 1. The molecule has 0 unspecified atom stereocenters. The van der Waals surface area contributed by atoms with Gasteiger partial charge in [0.25, 0.3) is 0 Å². The molecule has 7 heteroatoms. The molecule has 1 atom stereocenters. The van der Waals surface area contributed by atoms with Crippen LogP contribution in [0, 0.1) is 0 Å². The number of carbonyl (C=O) groups excluding carboxylic acids is 1. The second-order valence-corrected chi connectivity index (χ2v) is 6.35. The first-order valence-corrected chi connectivity index (χ1v) is 8.38. The van der Waals surface area contributed by atoms with Gasteiger partial charge in [0, 0.05) is 10.8 Å². The molecule has 1 N–H and O–H groups in total. The number of carbonyl (C=O) groups is 1. The van der Waals surface area contributed by atoms with Crippen molar-refractivity contribution in [2.45, 2.75) is 13.0 Å². The van der Waals surface area contributed by atoms with E-state index >= 15 is 0 Å². The summed E-state index contributed by atoms with van der Waals surface area (Å²) >= 11 is 13.0. The Bertz CT molecular complexity index is 607. The predicted molar refractivity (Wildman–Crippen MR) is 93.6 cm³/mol. The van der Waals surface area contributed by atoms with Crippen molar-refractivity contribution in [2.24, 2.45) is 0 Å². The minimum absolute atomic E-state index is 0.284. The number of nitrogens with one attached hydrogen (secondary N) is 1. The van der Waals surface area contributed by atoms with Crippen molar-refractivity contribution in [2.75, 3.05) is 22.2 Å². The molecular formula is C14H15ClN2O2S2. The van der Waals surface area contributed by atoms with Gasteiger partial charge in [-0.3, -0.25) is 4.90 Å². The summed E-state index contributed by atoms with van der Waals surface area (Å²) in [6.07, 6.45) is 1.45. The Morgan fingerprint density at radius 1 is 1.62 bits per heavy atom. The fourth-order valence-electron chi connectivity index (χ4n) is 2.04. The maximum atomic E-state index is 12.4. The SMILES string of the molecule is C=C(C)OC(=O)N1c2cc(Cl)ccc2NC(=S)[C@@H]1CSC. The normalized spacial score (nSPS) is 17.0. The quantitative estimate of drug-likeness (QED) is 0.655. The molecule has 1 heterocycles. The van der Waals surface area contributed by atoms with Crippen LogP contribution in [0.25, 0.3) is 0 Å². The Morgan fingerprint density at radius 3 is 2.95 bits per heavy atom. The summed E-state index contributed by atoms with van der Waals surface area (Å²) in [6, 6.07) is 4.97. The van der Waals surface area contributed by atoms with Gasteiger partial charge in [-0.15, -0.1) is 0 Å². The number of hydrogen-bond acceptors (Lipinski definition) is 4. The fourth-order valence-corrected chi connectivity index (χ4v) is 3.24. The van der Waals surface area contributed by atoms with Gasteiger partial charge >= 0.3 is 6.09 Å². The highest BCUT2D eigenvalue weighted by atomic mass is 35.5. The van der Waals surface area contributed by atoms with Crippen molar-refractivity contribution in [3.63, 3.8) is 0 Å². The number of nitrogens with zero attached hydrogens (tertiary/aromatic N) is 1. The van der Waals surface area contributed by atoms with Gasteiger partial charge < -0.3 is 10.1 Å². The Balaban J connectivity index is 2.48. The van der Waals surface area contributed by atoms with Crippen LogP contribution < -0.4 is 10.2 Å². The van der Waals surface area contributed by atoms with Crippen LogP contribution in [-0.2, 0) is 4.74 Å². The van der Waals surface area contributed by atoms with Crippen LogP contribution in [0.3, 0.4) is 0 Å². The predicted octanol–water partition coefficient (Wildman–Crippen LogP) is 4.30. The van der Waals surface area contributed by atoms with E-state index in [1.807, 2.05) is 6.26 Å². The molecule has 0 saturated heterocycles. The van der Waals surface area contributed by atoms with E-state index in [4.69, 9.17) is 28.6 Å². The van der Waals surface area contributed by atoms with Crippen LogP contribution in [0.4, 0.5) is 16.2 Å². The van der Waals surface area contributed by atoms with Gasteiger partial charge in [0.2, 0.25) is 0 Å². The van der Waals surface area contributed by atoms with Crippen molar-refractivity contribution in [3.05, 3.63) is 35.6 Å². The first-order chi connectivity index (χ1) is 9.93. The molecule has 1 amide bonds. The van der Waals surface area contributed by atoms with E-state index in [-0.39, 0.29) is 6.04 Å². The summed E-state index contributed by atoms with van der Waals surface area (Å²) in [4.78, 5) is 14.5. The molecule has 112 valence electrons. The van der Waals surface area contributed by atoms with Crippen molar-refractivity contribution in [1.82, 2.24) is 0 Å². The lowest BCUT2D eigenvalue weighted by Gasteiger charge is -2.37. The third kappa shape index (κ3) is 3.51. The van der Waals surface area contributed by atoms with E-state index in [0.29, 0.717) is 27.2 Å². The Hall–Kier alpha value is -1.24. The van der Waals surface area contributed by atoms with Crippen molar-refractivity contribution < 1.29 is 9.53 Å². The van der Waals surface area contributed by atoms with Crippen molar-refractivity contribution in [1.29, 1.82) is 0 Å². The van der Waals surface area contributed by atoms with E-state index in [1.54, 1.807) is 36.9 Å². The molecule has 0 aromatic heterocycles. The zero-order valence-electron chi connectivity index (χ0n) is 11.7. The average molecular weight is 343 g/mol. The molecule has 0 radical (unpaired) electrons. The summed E-state index contributed by atoms with van der Waals surface area (Å²) in [5.41, 5.74) is 1.39. The number of hydrogen-bond donors (Lipinski definition) is 1. The molecule has 4 nitrogen and oxygen atoms in total. The van der Waals surface area contributed by atoms with Gasteiger partial charge in [-0.2, -0.15) is 11.8 Å². The van der Waals surface area contributed by atoms with Gasteiger partial charge in [-0.25, -0.2) is 4.79 Å². The van der Waals surface area contributed by atoms with Crippen molar-refractivity contribution in [3.8, 4) is 0 Å². The molecule has 0 saturated carbocycles. The fraction of sp³-hybridized carbons (Fsp3) is 0.286. The molecule has 21 heavy (non-hydrogen) atoms. The van der Waals surface area contributed by atoms with Crippen LogP contribution in [0.2, 0.25) is 5.02 Å². The number of thioether (sulfide) groups is 1. The van der Waals surface area contributed by atoms with Crippen LogP contribution in [-0.4, -0.2) is 29.1 Å². The van der Waals surface area contributed by atoms with Crippen LogP contribution in [0.1, 0.15) is 6.92 Å². The lowest BCUT2D eigenvalue weighted by atomic mass is 10.1. The van der Waals surface area contributed by atoms with Crippen LogP contribution in [0.15, 0.2) is 30.5 Å². The van der Waals surface area contributed by atoms with E-state index in [2.05, 4.69) is 11.9 Å². The highest BCUT2D eigenvalue weighted by Crippen LogP contribution is 2.36. The number of amides is 1. The number of benzene rings is 1. The first-order valence-electron chi connectivity index (χ1n) is 6.20. The highest BCUT2D eigenvalue weighted by molar-refractivity contribution is 7.98. The van der Waals surface area contributed by atoms with E-state index in [1.165, 1.54) is 4.90 Å². The van der Waals surface area contributed by atoms with Crippen molar-refractivity contribution >= 4 is 58.0 Å². The zero-order valence-corrected chi connectivity index (χ0v) is 14.1. The maximum Gasteiger partial charge on any atom is 0.420 e. The lowest BCUT2D eigenvalue weighted by Crippen LogP contribution is -2.51.